The predicted octanol–water partition coefficient (Wildman–Crippen LogP) is 3.02. The Morgan fingerprint density at radius 3 is 3.00 bits per heavy atom. The fourth-order valence-corrected chi connectivity index (χ4v) is 2.73. The van der Waals surface area contributed by atoms with Crippen molar-refractivity contribution >= 4 is 23.3 Å². The van der Waals surface area contributed by atoms with E-state index in [0.29, 0.717) is 16.6 Å². The minimum absolute atomic E-state index is 0.399. The fourth-order valence-electron chi connectivity index (χ4n) is 2.54. The Labute approximate surface area is 125 Å². The van der Waals surface area contributed by atoms with Gasteiger partial charge in [-0.05, 0) is 44.6 Å². The summed E-state index contributed by atoms with van der Waals surface area (Å²) in [6.07, 6.45) is 3.77. The van der Waals surface area contributed by atoms with Gasteiger partial charge in [-0.3, -0.25) is 0 Å². The summed E-state index contributed by atoms with van der Waals surface area (Å²) in [7, 11) is 3.52. The van der Waals surface area contributed by atoms with Crippen LogP contribution in [0, 0.1) is 0 Å². The molecule has 1 aliphatic rings. The van der Waals surface area contributed by atoms with E-state index in [9.17, 15) is 4.79 Å². The highest BCUT2D eigenvalue weighted by Gasteiger charge is 2.18. The molecule has 20 heavy (non-hydrogen) atoms. The molecule has 1 heterocycles. The lowest BCUT2D eigenvalue weighted by Crippen LogP contribution is -2.40. The fraction of sp³-hybridized carbons (Fsp3) is 0.533. The average Bonchev–Trinajstić information content (AvgIpc) is 2.47. The molecule has 0 amide bonds. The Balaban J connectivity index is 2.00. The van der Waals surface area contributed by atoms with E-state index in [4.69, 9.17) is 16.3 Å². The van der Waals surface area contributed by atoms with Crippen molar-refractivity contribution in [3.8, 4) is 0 Å². The molecule has 1 fully saturated rings. The van der Waals surface area contributed by atoms with Crippen LogP contribution in [0.1, 0.15) is 29.6 Å². The minimum Gasteiger partial charge on any atom is -0.465 e. The molecule has 1 atom stereocenters. The summed E-state index contributed by atoms with van der Waals surface area (Å²) in [5.74, 6) is -0.409. The van der Waals surface area contributed by atoms with Crippen LogP contribution >= 0.6 is 11.6 Å². The van der Waals surface area contributed by atoms with Gasteiger partial charge in [-0.15, -0.1) is 0 Å². The smallest absolute Gasteiger partial charge is 0.339 e. The van der Waals surface area contributed by atoms with Crippen LogP contribution in [0.25, 0.3) is 0 Å². The Kier molecular flexibility index (Phi) is 5.26. The number of nitrogens with zero attached hydrogens (tertiary/aromatic N) is 1. The molecule has 0 spiro atoms. The largest absolute Gasteiger partial charge is 0.465 e. The molecule has 1 saturated heterocycles. The number of likely N-dealkylation sites (tertiary alicyclic amines) is 1. The van der Waals surface area contributed by atoms with Gasteiger partial charge in [0.05, 0.1) is 17.7 Å². The van der Waals surface area contributed by atoms with E-state index in [1.165, 1.54) is 26.4 Å². The summed E-state index contributed by atoms with van der Waals surface area (Å²) in [6.45, 7) is 2.03. The summed E-state index contributed by atoms with van der Waals surface area (Å²) in [5, 5.41) is 3.80. The number of rotatable bonds is 4. The number of anilines is 1. The van der Waals surface area contributed by atoms with Gasteiger partial charge >= 0.3 is 5.97 Å². The molecular weight excluding hydrogens is 276 g/mol. The first-order chi connectivity index (χ1) is 9.61. The van der Waals surface area contributed by atoms with Crippen molar-refractivity contribution in [2.45, 2.75) is 25.3 Å². The zero-order valence-corrected chi connectivity index (χ0v) is 12.7. The SMILES string of the molecule is COC(=O)c1cc(NCC2CCCCN2C)ccc1Cl. The van der Waals surface area contributed by atoms with E-state index >= 15 is 0 Å². The van der Waals surface area contributed by atoms with Crippen molar-refractivity contribution in [3.63, 3.8) is 0 Å². The molecule has 1 unspecified atom stereocenters. The average molecular weight is 297 g/mol. The van der Waals surface area contributed by atoms with Crippen molar-refractivity contribution < 1.29 is 9.53 Å². The highest BCUT2D eigenvalue weighted by atomic mass is 35.5. The number of halogens is 1. The summed E-state index contributed by atoms with van der Waals surface area (Å²) in [6, 6.07) is 5.90. The maximum Gasteiger partial charge on any atom is 0.339 e. The van der Waals surface area contributed by atoms with Crippen LogP contribution in [-0.4, -0.2) is 44.2 Å². The van der Waals surface area contributed by atoms with Gasteiger partial charge in [0, 0.05) is 18.3 Å². The topological polar surface area (TPSA) is 41.6 Å². The first kappa shape index (κ1) is 15.1. The number of esters is 1. The number of piperidine rings is 1. The molecule has 0 aliphatic carbocycles. The zero-order chi connectivity index (χ0) is 14.5. The third kappa shape index (κ3) is 3.64. The summed E-state index contributed by atoms with van der Waals surface area (Å²) < 4.78 is 4.72. The number of carbonyl (C=O) groups excluding carboxylic acids is 1. The van der Waals surface area contributed by atoms with Gasteiger partial charge in [0.25, 0.3) is 0 Å². The van der Waals surface area contributed by atoms with Gasteiger partial charge in [-0.2, -0.15) is 0 Å². The van der Waals surface area contributed by atoms with Crippen LogP contribution < -0.4 is 5.32 Å². The first-order valence-corrected chi connectivity index (χ1v) is 7.31. The standard InChI is InChI=1S/C15H21ClN2O2/c1-18-8-4-3-5-12(18)10-17-11-6-7-14(16)13(9-11)15(19)20-2/h6-7,9,12,17H,3-5,8,10H2,1-2H3. The molecule has 0 aromatic heterocycles. The van der Waals surface area contributed by atoms with Gasteiger partial charge in [0.15, 0.2) is 0 Å². The highest BCUT2D eigenvalue weighted by Crippen LogP contribution is 2.22. The van der Waals surface area contributed by atoms with E-state index in [1.807, 2.05) is 6.07 Å². The molecule has 0 saturated carbocycles. The van der Waals surface area contributed by atoms with Crippen LogP contribution in [-0.2, 0) is 4.74 Å². The third-order valence-electron chi connectivity index (χ3n) is 3.83. The maximum absolute atomic E-state index is 11.6. The van der Waals surface area contributed by atoms with Gasteiger partial charge < -0.3 is 15.0 Å². The predicted molar refractivity (Wildman–Crippen MR) is 81.6 cm³/mol. The molecule has 1 aliphatic heterocycles. The Morgan fingerprint density at radius 2 is 2.30 bits per heavy atom. The molecule has 5 heteroatoms. The summed E-state index contributed by atoms with van der Waals surface area (Å²) >= 11 is 6.01. The van der Waals surface area contributed by atoms with Gasteiger partial charge in [-0.25, -0.2) is 4.79 Å². The first-order valence-electron chi connectivity index (χ1n) is 6.94. The molecule has 0 radical (unpaired) electrons. The number of likely N-dealkylation sites (N-methyl/N-ethyl adjacent to an activating group) is 1. The number of benzene rings is 1. The molecule has 2 rings (SSSR count). The van der Waals surface area contributed by atoms with Crippen molar-refractivity contribution in [1.29, 1.82) is 0 Å². The number of nitrogens with one attached hydrogen (secondary N) is 1. The van der Waals surface area contributed by atoms with Crippen LogP contribution in [0.15, 0.2) is 18.2 Å². The lowest BCUT2D eigenvalue weighted by Gasteiger charge is -2.32. The quantitative estimate of drug-likeness (QED) is 0.867. The lowest BCUT2D eigenvalue weighted by molar-refractivity contribution is 0.0601. The monoisotopic (exact) mass is 296 g/mol. The lowest BCUT2D eigenvalue weighted by atomic mass is 10.0. The van der Waals surface area contributed by atoms with E-state index in [-0.39, 0.29) is 0 Å². The van der Waals surface area contributed by atoms with Crippen molar-refractivity contribution in [2.24, 2.45) is 0 Å². The molecule has 1 aromatic rings. The molecule has 1 aromatic carbocycles. The second-order valence-corrected chi connectivity index (χ2v) is 5.60. The molecule has 1 N–H and O–H groups in total. The van der Waals surface area contributed by atoms with E-state index in [0.717, 1.165) is 18.8 Å². The third-order valence-corrected chi connectivity index (χ3v) is 4.16. The second kappa shape index (κ2) is 6.95. The van der Waals surface area contributed by atoms with Crippen LogP contribution in [0.4, 0.5) is 5.69 Å². The highest BCUT2D eigenvalue weighted by molar-refractivity contribution is 6.33. The summed E-state index contributed by atoms with van der Waals surface area (Å²) in [4.78, 5) is 14.0. The van der Waals surface area contributed by atoms with Crippen LogP contribution in [0.3, 0.4) is 0 Å². The molecule has 0 bridgehead atoms. The van der Waals surface area contributed by atoms with Gasteiger partial charge in [-0.1, -0.05) is 18.0 Å². The number of methoxy groups -OCH3 is 1. The van der Waals surface area contributed by atoms with Crippen molar-refractivity contribution in [1.82, 2.24) is 4.90 Å². The Morgan fingerprint density at radius 1 is 1.50 bits per heavy atom. The number of hydrogen-bond acceptors (Lipinski definition) is 4. The van der Waals surface area contributed by atoms with Crippen molar-refractivity contribution in [3.05, 3.63) is 28.8 Å². The molecule has 110 valence electrons. The summed E-state index contributed by atoms with van der Waals surface area (Å²) in [5.41, 5.74) is 1.30. The molecular formula is C15H21ClN2O2. The van der Waals surface area contributed by atoms with Crippen LogP contribution in [0.5, 0.6) is 0 Å². The second-order valence-electron chi connectivity index (χ2n) is 5.20. The Bertz CT molecular complexity index is 479. The number of carbonyl (C=O) groups is 1. The van der Waals surface area contributed by atoms with E-state index < -0.39 is 5.97 Å². The van der Waals surface area contributed by atoms with Gasteiger partial charge in [0.1, 0.15) is 0 Å². The van der Waals surface area contributed by atoms with Gasteiger partial charge in [0.2, 0.25) is 0 Å². The minimum atomic E-state index is -0.409. The van der Waals surface area contributed by atoms with E-state index in [1.54, 1.807) is 12.1 Å². The maximum atomic E-state index is 11.6. The Hall–Kier alpha value is -1.26. The van der Waals surface area contributed by atoms with E-state index in [2.05, 4.69) is 17.3 Å². The number of hydrogen-bond donors (Lipinski definition) is 1. The normalized spacial score (nSPS) is 19.6. The van der Waals surface area contributed by atoms with Crippen LogP contribution in [0.2, 0.25) is 5.02 Å². The zero-order valence-electron chi connectivity index (χ0n) is 12.0. The molecule has 4 nitrogen and oxygen atoms in total. The van der Waals surface area contributed by atoms with Crippen molar-refractivity contribution in [2.75, 3.05) is 32.6 Å². The number of ether oxygens (including phenoxy) is 1.